The number of hydrogen-bond donors (Lipinski definition) is 6. The maximum Gasteiger partial charge on any atom is 0.276 e. The van der Waals surface area contributed by atoms with Crippen LogP contribution in [0.2, 0.25) is 0 Å². The minimum absolute atomic E-state index is 0.113. The van der Waals surface area contributed by atoms with Crippen molar-refractivity contribution in [3.05, 3.63) is 82.5 Å². The number of carbonyl (C=O) groups excluding carboxylic acids is 4. The third kappa shape index (κ3) is 11.1. The Morgan fingerprint density at radius 1 is 0.779 bits per heavy atom. The Morgan fingerprint density at radius 2 is 1.28 bits per heavy atom. The molecule has 3 atom stereocenters. The molecule has 1 fully saturated rings. The van der Waals surface area contributed by atoms with Crippen molar-refractivity contribution in [2.75, 3.05) is 51.8 Å². The first-order chi connectivity index (χ1) is 32.7. The fourth-order valence-electron chi connectivity index (χ4n) is 7.79. The second-order valence-electron chi connectivity index (χ2n) is 15.5. The number of ether oxygens (including phenoxy) is 5. The van der Waals surface area contributed by atoms with Crippen LogP contribution in [0.1, 0.15) is 79.8 Å². The second kappa shape index (κ2) is 22.5. The maximum absolute atomic E-state index is 13.9. The van der Waals surface area contributed by atoms with Crippen molar-refractivity contribution < 1.29 is 53.1 Å². The molecule has 3 unspecified atom stereocenters. The topological polar surface area (TPSA) is 302 Å². The summed E-state index contributed by atoms with van der Waals surface area (Å²) >= 11 is 0. The average molecular weight is 943 g/mol. The zero-order chi connectivity index (χ0) is 49.2. The largest absolute Gasteiger partial charge is 0.494 e. The van der Waals surface area contributed by atoms with Crippen molar-refractivity contribution in [1.29, 1.82) is 0 Å². The first-order valence-electron chi connectivity index (χ1n) is 21.8. The van der Waals surface area contributed by atoms with E-state index in [0.717, 1.165) is 7.11 Å². The molecule has 364 valence electrons. The van der Waals surface area contributed by atoms with Crippen LogP contribution in [0, 0.1) is 13.8 Å². The van der Waals surface area contributed by atoms with Gasteiger partial charge in [0.05, 0.1) is 55.5 Å². The van der Waals surface area contributed by atoms with Crippen LogP contribution in [0.4, 0.5) is 11.9 Å². The highest BCUT2D eigenvalue weighted by Gasteiger charge is 2.31. The second-order valence-corrected chi connectivity index (χ2v) is 15.5. The van der Waals surface area contributed by atoms with Crippen molar-refractivity contribution in [3.8, 4) is 11.5 Å². The molecule has 23 heteroatoms. The SMILES string of the molecule is CCn1nc(C)cc1C(=O)Nc1nc2cc(C(N)=O)cc(OC)c2n1C/C=C/Cn1c(NC(=O)c2cc(C)nn2CC)nc2cc(C(N)=O)cc(OCCCOC3CC(O)COC3OC)c21.CO. The van der Waals surface area contributed by atoms with Crippen LogP contribution in [-0.2, 0) is 40.4 Å². The molecule has 7 rings (SSSR count). The van der Waals surface area contributed by atoms with E-state index >= 15 is 0 Å². The van der Waals surface area contributed by atoms with E-state index < -0.39 is 42.1 Å². The Morgan fingerprint density at radius 3 is 1.75 bits per heavy atom. The number of allylic oxidation sites excluding steroid dienone is 2. The lowest BCUT2D eigenvalue weighted by Gasteiger charge is -2.33. The predicted molar refractivity (Wildman–Crippen MR) is 249 cm³/mol. The van der Waals surface area contributed by atoms with Crippen LogP contribution in [0.25, 0.3) is 22.1 Å². The monoisotopic (exact) mass is 942 g/mol. The van der Waals surface area contributed by atoms with Gasteiger partial charge in [0.2, 0.25) is 23.7 Å². The van der Waals surface area contributed by atoms with Gasteiger partial charge >= 0.3 is 0 Å². The molecule has 0 aliphatic carbocycles. The Hall–Kier alpha value is -7.18. The molecule has 68 heavy (non-hydrogen) atoms. The molecule has 4 amide bonds. The first-order valence-corrected chi connectivity index (χ1v) is 21.8. The Balaban J connectivity index is 0.00000376. The molecule has 0 spiro atoms. The molecule has 23 nitrogen and oxygen atoms in total. The van der Waals surface area contributed by atoms with Crippen LogP contribution in [0.15, 0.2) is 48.6 Å². The highest BCUT2D eigenvalue weighted by atomic mass is 16.7. The summed E-state index contributed by atoms with van der Waals surface area (Å²) in [6, 6.07) is 9.42. The minimum atomic E-state index is -0.711. The van der Waals surface area contributed by atoms with Gasteiger partial charge in [-0.3, -0.25) is 39.2 Å². The quantitative estimate of drug-likeness (QED) is 0.0474. The van der Waals surface area contributed by atoms with E-state index in [9.17, 15) is 24.3 Å². The number of nitrogens with two attached hydrogens (primary N) is 2. The predicted octanol–water partition coefficient (Wildman–Crippen LogP) is 2.92. The third-order valence-electron chi connectivity index (χ3n) is 10.8. The zero-order valence-corrected chi connectivity index (χ0v) is 39.0. The first kappa shape index (κ1) is 50.2. The number of anilines is 2. The number of imidazole rings is 2. The molecule has 6 aromatic rings. The molecule has 0 radical (unpaired) electrons. The van der Waals surface area contributed by atoms with Crippen molar-refractivity contribution >= 4 is 57.6 Å². The Bertz CT molecular complexity index is 2810. The highest BCUT2D eigenvalue weighted by Crippen LogP contribution is 2.33. The van der Waals surface area contributed by atoms with E-state index in [1.807, 2.05) is 26.0 Å². The number of nitrogens with one attached hydrogen (secondary N) is 2. The number of hydrogen-bond acceptors (Lipinski definition) is 15. The number of fused-ring (bicyclic) bond motifs is 2. The van der Waals surface area contributed by atoms with Gasteiger partial charge < -0.3 is 54.5 Å². The molecular weight excluding hydrogens is 885 g/mol. The summed E-state index contributed by atoms with van der Waals surface area (Å²) in [5.41, 5.74) is 15.3. The van der Waals surface area contributed by atoms with Crippen LogP contribution >= 0.6 is 0 Å². The minimum Gasteiger partial charge on any atom is -0.494 e. The lowest BCUT2D eigenvalue weighted by Crippen LogP contribution is -2.43. The maximum atomic E-state index is 13.9. The number of rotatable bonds is 20. The number of aromatic nitrogens is 8. The molecule has 0 bridgehead atoms. The van der Waals surface area contributed by atoms with Crippen molar-refractivity contribution in [2.24, 2.45) is 11.5 Å². The summed E-state index contributed by atoms with van der Waals surface area (Å²) in [5.74, 6) is -1.45. The van der Waals surface area contributed by atoms with Gasteiger partial charge in [0.15, 0.2) is 6.29 Å². The summed E-state index contributed by atoms with van der Waals surface area (Å²) in [6.45, 7) is 9.03. The lowest BCUT2D eigenvalue weighted by molar-refractivity contribution is -0.237. The molecule has 1 aliphatic heterocycles. The van der Waals surface area contributed by atoms with Crippen LogP contribution in [-0.4, -0.2) is 132 Å². The van der Waals surface area contributed by atoms with Gasteiger partial charge in [0, 0.05) is 64.4 Å². The number of aliphatic hydroxyl groups is 2. The summed E-state index contributed by atoms with van der Waals surface area (Å²) in [7, 11) is 3.96. The van der Waals surface area contributed by atoms with Gasteiger partial charge in [-0.15, -0.1) is 0 Å². The van der Waals surface area contributed by atoms with Crippen molar-refractivity contribution in [1.82, 2.24) is 38.7 Å². The molecule has 1 saturated heterocycles. The fourth-order valence-corrected chi connectivity index (χ4v) is 7.79. The number of benzene rings is 2. The van der Waals surface area contributed by atoms with Gasteiger partial charge in [-0.25, -0.2) is 9.97 Å². The lowest BCUT2D eigenvalue weighted by atomic mass is 10.1. The van der Waals surface area contributed by atoms with Gasteiger partial charge in [0.1, 0.15) is 40.0 Å². The summed E-state index contributed by atoms with van der Waals surface area (Å²) in [5, 5.41) is 31.7. The zero-order valence-electron chi connectivity index (χ0n) is 39.0. The third-order valence-corrected chi connectivity index (χ3v) is 10.8. The fraction of sp³-hybridized carbons (Fsp3) is 0.422. The van der Waals surface area contributed by atoms with Crippen LogP contribution in [0.3, 0.4) is 0 Å². The van der Waals surface area contributed by atoms with Crippen molar-refractivity contribution in [2.45, 2.75) is 85.2 Å². The molecule has 0 saturated carbocycles. The highest BCUT2D eigenvalue weighted by molar-refractivity contribution is 6.05. The summed E-state index contributed by atoms with van der Waals surface area (Å²) in [6.07, 6.45) is 2.63. The number of nitrogens with zero attached hydrogens (tertiary/aromatic N) is 8. The van der Waals surface area contributed by atoms with Gasteiger partial charge in [0.25, 0.3) is 11.8 Å². The number of amides is 4. The van der Waals surface area contributed by atoms with E-state index in [2.05, 4.69) is 25.8 Å². The van der Waals surface area contributed by atoms with Gasteiger partial charge in [-0.2, -0.15) is 10.2 Å². The number of aliphatic hydroxyl groups excluding tert-OH is 2. The summed E-state index contributed by atoms with van der Waals surface area (Å²) < 4.78 is 35.5. The van der Waals surface area contributed by atoms with E-state index in [-0.39, 0.29) is 61.7 Å². The molecular formula is C45H58N12O11. The normalized spacial score (nSPS) is 15.9. The Labute approximate surface area is 390 Å². The smallest absolute Gasteiger partial charge is 0.276 e. The summed E-state index contributed by atoms with van der Waals surface area (Å²) in [4.78, 5) is 61.9. The van der Waals surface area contributed by atoms with E-state index in [1.54, 1.807) is 44.5 Å². The number of primary amides is 2. The van der Waals surface area contributed by atoms with Crippen molar-refractivity contribution in [3.63, 3.8) is 0 Å². The van der Waals surface area contributed by atoms with Gasteiger partial charge in [-0.1, -0.05) is 12.2 Å². The average Bonchev–Trinajstić information content (AvgIpc) is 4.09. The van der Waals surface area contributed by atoms with Crippen LogP contribution in [0.5, 0.6) is 11.5 Å². The molecule has 4 aromatic heterocycles. The van der Waals surface area contributed by atoms with E-state index in [4.69, 9.17) is 45.2 Å². The number of aryl methyl sites for hydroxylation is 4. The van der Waals surface area contributed by atoms with Gasteiger partial charge in [-0.05, 0) is 64.1 Å². The van der Waals surface area contributed by atoms with Crippen LogP contribution < -0.4 is 31.6 Å². The molecule has 1 aliphatic rings. The molecule has 2 aromatic carbocycles. The molecule has 8 N–H and O–H groups in total. The van der Waals surface area contributed by atoms with E-state index in [0.29, 0.717) is 76.5 Å². The van der Waals surface area contributed by atoms with E-state index in [1.165, 1.54) is 38.5 Å². The Kier molecular flexibility index (Phi) is 16.7. The number of methoxy groups -OCH3 is 2. The molecule has 5 heterocycles. The standard InChI is InChI=1S/C44H54N12O10.CH4O/c1-7-55-31(16-24(3)51-55)40(60)49-43-47-29-18-26(38(45)58)20-33(62-5)36(29)53(43)12-9-10-13-54-37-30(48-44(54)50-41(61)32-17-25(4)52-56(32)8-2)19-27(39(46)59)21-34(37)64-14-11-15-65-35-22-28(57)23-66-42(35)63-6;1-2/h9-10,16-21,28,35,42,57H,7-8,11-15,22-23H2,1-6H3,(H2,45,58)(H2,46,59)(H,47,49,60)(H,48,50,61);2H,1H3/b10-9+;. The number of carbonyl (C=O) groups is 4.